The van der Waals surface area contributed by atoms with Gasteiger partial charge >= 0.3 is 11.9 Å². The lowest BCUT2D eigenvalue weighted by Crippen LogP contribution is -2.03. The van der Waals surface area contributed by atoms with Crippen LogP contribution in [0.3, 0.4) is 0 Å². The van der Waals surface area contributed by atoms with Crippen LogP contribution in [0.2, 0.25) is 0 Å². The summed E-state index contributed by atoms with van der Waals surface area (Å²) in [7, 11) is 1.34. The number of methoxy groups -OCH3 is 1. The molecule has 1 aromatic rings. The second kappa shape index (κ2) is 8.28. The van der Waals surface area contributed by atoms with E-state index in [0.29, 0.717) is 29.5 Å². The third-order valence-corrected chi connectivity index (χ3v) is 4.41. The fourth-order valence-corrected chi connectivity index (χ4v) is 2.93. The Morgan fingerprint density at radius 2 is 2.15 bits per heavy atom. The standard InChI is InChI=1S/C20H19NO5/c1-5-14-13(3)16-10-26-20(24)18(16)19(21-11-22)15(14)8-6-12(2)7-9-17(23)25-4/h1,6H,7-10H2,2-4H3/b12-6+. The highest BCUT2D eigenvalue weighted by Gasteiger charge is 2.31. The van der Waals surface area contributed by atoms with Crippen molar-refractivity contribution in [2.75, 3.05) is 7.11 Å². The molecule has 26 heavy (non-hydrogen) atoms. The van der Waals surface area contributed by atoms with Gasteiger partial charge in [-0.2, -0.15) is 4.99 Å². The maximum absolute atomic E-state index is 12.1. The third kappa shape index (κ3) is 3.74. The van der Waals surface area contributed by atoms with E-state index in [-0.39, 0.29) is 30.2 Å². The first-order chi connectivity index (χ1) is 12.4. The summed E-state index contributed by atoms with van der Waals surface area (Å²) in [5, 5.41) is 0. The van der Waals surface area contributed by atoms with E-state index in [1.165, 1.54) is 13.2 Å². The number of aliphatic imine (C=N–C) groups is 1. The van der Waals surface area contributed by atoms with E-state index in [9.17, 15) is 14.4 Å². The first kappa shape index (κ1) is 19.2. The first-order valence-electron chi connectivity index (χ1n) is 8.06. The fraction of sp³-hybridized carbons (Fsp3) is 0.350. The quantitative estimate of drug-likeness (QED) is 0.258. The van der Waals surface area contributed by atoms with E-state index in [0.717, 1.165) is 11.1 Å². The number of carbonyl (C=O) groups is 2. The number of hydrogen-bond donors (Lipinski definition) is 0. The van der Waals surface area contributed by atoms with Gasteiger partial charge in [0.05, 0.1) is 18.4 Å². The lowest BCUT2D eigenvalue weighted by Gasteiger charge is -2.13. The second-order valence-electron chi connectivity index (χ2n) is 5.94. The van der Waals surface area contributed by atoms with Crippen LogP contribution in [0.1, 0.15) is 52.4 Å². The molecule has 0 atom stereocenters. The van der Waals surface area contributed by atoms with Gasteiger partial charge in [-0.15, -0.1) is 6.42 Å². The van der Waals surface area contributed by atoms with E-state index in [4.69, 9.17) is 11.2 Å². The predicted molar refractivity (Wildman–Crippen MR) is 94.7 cm³/mol. The number of ether oxygens (including phenoxy) is 2. The fourth-order valence-electron chi connectivity index (χ4n) is 2.93. The number of isocyanates is 1. The Hall–Kier alpha value is -3.16. The molecule has 0 spiro atoms. The molecule has 0 N–H and O–H groups in total. The van der Waals surface area contributed by atoms with Gasteiger partial charge in [0, 0.05) is 17.5 Å². The van der Waals surface area contributed by atoms with E-state index in [2.05, 4.69) is 15.6 Å². The summed E-state index contributed by atoms with van der Waals surface area (Å²) in [6, 6.07) is 0. The topological polar surface area (TPSA) is 82.0 Å². The highest BCUT2D eigenvalue weighted by Crippen LogP contribution is 2.38. The van der Waals surface area contributed by atoms with E-state index < -0.39 is 5.97 Å². The van der Waals surface area contributed by atoms with Gasteiger partial charge in [0.1, 0.15) is 6.61 Å². The van der Waals surface area contributed by atoms with Gasteiger partial charge in [-0.05, 0) is 37.8 Å². The molecule has 0 aromatic heterocycles. The zero-order valence-corrected chi connectivity index (χ0v) is 15.0. The second-order valence-corrected chi connectivity index (χ2v) is 5.94. The Labute approximate surface area is 151 Å². The summed E-state index contributed by atoms with van der Waals surface area (Å²) in [6.45, 7) is 3.82. The molecule has 1 heterocycles. The van der Waals surface area contributed by atoms with E-state index in [1.54, 1.807) is 0 Å². The number of cyclic esters (lactones) is 1. The van der Waals surface area contributed by atoms with Crippen molar-refractivity contribution in [1.82, 2.24) is 0 Å². The summed E-state index contributed by atoms with van der Waals surface area (Å²) in [5.41, 5.74) is 4.08. The van der Waals surface area contributed by atoms with Crippen molar-refractivity contribution in [2.45, 2.75) is 39.7 Å². The van der Waals surface area contributed by atoms with Crippen molar-refractivity contribution >= 4 is 23.7 Å². The van der Waals surface area contributed by atoms with Gasteiger partial charge in [0.25, 0.3) is 0 Å². The number of carbonyl (C=O) groups excluding carboxylic acids is 3. The van der Waals surface area contributed by atoms with Crippen molar-refractivity contribution < 1.29 is 23.9 Å². The Bertz CT molecular complexity index is 883. The van der Waals surface area contributed by atoms with Gasteiger partial charge in [0.2, 0.25) is 6.08 Å². The average molecular weight is 353 g/mol. The molecule has 0 radical (unpaired) electrons. The minimum atomic E-state index is -0.520. The lowest BCUT2D eigenvalue weighted by molar-refractivity contribution is -0.140. The highest BCUT2D eigenvalue weighted by atomic mass is 16.5. The number of fused-ring (bicyclic) bond motifs is 1. The summed E-state index contributed by atoms with van der Waals surface area (Å²) >= 11 is 0. The monoisotopic (exact) mass is 353 g/mol. The zero-order valence-electron chi connectivity index (χ0n) is 15.0. The third-order valence-electron chi connectivity index (χ3n) is 4.41. The smallest absolute Gasteiger partial charge is 0.341 e. The summed E-state index contributed by atoms with van der Waals surface area (Å²) in [5.74, 6) is 1.82. The molecule has 1 aliphatic rings. The maximum atomic E-state index is 12.1. The molecule has 0 aliphatic carbocycles. The number of esters is 2. The maximum Gasteiger partial charge on any atom is 0.341 e. The molecule has 6 heteroatoms. The summed E-state index contributed by atoms with van der Waals surface area (Å²) in [4.78, 5) is 38.0. The van der Waals surface area contributed by atoms with E-state index in [1.807, 2.05) is 19.9 Å². The van der Waals surface area contributed by atoms with Crippen LogP contribution in [0.5, 0.6) is 0 Å². The van der Waals surface area contributed by atoms with Crippen LogP contribution in [0.25, 0.3) is 0 Å². The minimum absolute atomic E-state index is 0.115. The number of hydrogen-bond acceptors (Lipinski definition) is 6. The highest BCUT2D eigenvalue weighted by molar-refractivity contribution is 6.01. The number of allylic oxidation sites excluding steroid dienone is 2. The molecule has 1 aliphatic heterocycles. The van der Waals surface area contributed by atoms with E-state index >= 15 is 0 Å². The van der Waals surface area contributed by atoms with Gasteiger partial charge in [0.15, 0.2) is 0 Å². The van der Waals surface area contributed by atoms with Crippen LogP contribution in [0.4, 0.5) is 5.69 Å². The largest absolute Gasteiger partial charge is 0.469 e. The van der Waals surface area contributed by atoms with Gasteiger partial charge in [-0.25, -0.2) is 9.59 Å². The number of nitrogens with zero attached hydrogens (tertiary/aromatic N) is 1. The molecular formula is C20H19NO5. The first-order valence-corrected chi connectivity index (χ1v) is 8.06. The zero-order chi connectivity index (χ0) is 19.3. The van der Waals surface area contributed by atoms with Gasteiger partial charge in [-0.3, -0.25) is 4.79 Å². The predicted octanol–water partition coefficient (Wildman–Crippen LogP) is 3.06. The van der Waals surface area contributed by atoms with Gasteiger partial charge < -0.3 is 9.47 Å². The molecule has 0 amide bonds. The Kier molecular flexibility index (Phi) is 6.11. The average Bonchev–Trinajstić information content (AvgIpc) is 3.02. The number of terminal acetylenes is 1. The number of benzene rings is 1. The van der Waals surface area contributed by atoms with Gasteiger partial charge in [-0.1, -0.05) is 17.6 Å². The van der Waals surface area contributed by atoms with Crippen LogP contribution >= 0.6 is 0 Å². The van der Waals surface area contributed by atoms with Crippen molar-refractivity contribution in [2.24, 2.45) is 4.99 Å². The van der Waals surface area contributed by atoms with Crippen molar-refractivity contribution in [3.8, 4) is 12.3 Å². The minimum Gasteiger partial charge on any atom is -0.469 e. The van der Waals surface area contributed by atoms with Crippen LogP contribution in [0, 0.1) is 19.3 Å². The molecule has 134 valence electrons. The number of rotatable bonds is 6. The summed E-state index contributed by atoms with van der Waals surface area (Å²) in [6.07, 6.45) is 10.2. The molecule has 0 saturated heterocycles. The van der Waals surface area contributed by atoms with Crippen LogP contribution in [-0.4, -0.2) is 25.1 Å². The molecular weight excluding hydrogens is 334 g/mol. The van der Waals surface area contributed by atoms with Crippen LogP contribution in [0.15, 0.2) is 16.6 Å². The molecule has 6 nitrogen and oxygen atoms in total. The SMILES string of the molecule is C#Cc1c(C)c2c(c(N=C=O)c1C/C=C(\C)CCC(=O)OC)C(=O)OC2. The molecule has 0 fully saturated rings. The molecule has 0 bridgehead atoms. The Morgan fingerprint density at radius 1 is 1.42 bits per heavy atom. The lowest BCUT2D eigenvalue weighted by atomic mass is 9.89. The van der Waals surface area contributed by atoms with Crippen molar-refractivity contribution in [3.05, 3.63) is 39.5 Å². The van der Waals surface area contributed by atoms with Crippen molar-refractivity contribution in [3.63, 3.8) is 0 Å². The van der Waals surface area contributed by atoms with Crippen LogP contribution < -0.4 is 0 Å². The molecule has 2 rings (SSSR count). The Balaban J connectivity index is 2.48. The summed E-state index contributed by atoms with van der Waals surface area (Å²) < 4.78 is 9.71. The molecule has 0 unspecified atom stereocenters. The molecule has 0 saturated carbocycles. The van der Waals surface area contributed by atoms with Crippen molar-refractivity contribution in [1.29, 1.82) is 0 Å². The van der Waals surface area contributed by atoms with Crippen LogP contribution in [-0.2, 0) is 32.1 Å². The Morgan fingerprint density at radius 3 is 2.77 bits per heavy atom. The molecule has 1 aromatic carbocycles. The normalized spacial score (nSPS) is 12.7.